The molecule has 0 amide bonds. The summed E-state index contributed by atoms with van der Waals surface area (Å²) in [6.07, 6.45) is 8.41. The molecule has 0 N–H and O–H groups in total. The summed E-state index contributed by atoms with van der Waals surface area (Å²) in [6.45, 7) is 1.11. The molecule has 4 aromatic rings. The quantitative estimate of drug-likeness (QED) is 0.358. The van der Waals surface area contributed by atoms with Gasteiger partial charge in [0.1, 0.15) is 0 Å². The minimum absolute atomic E-state index is 0.0121. The van der Waals surface area contributed by atoms with E-state index in [1.165, 1.54) is 22.3 Å². The molecule has 2 heterocycles. The number of hydrogen-bond acceptors (Lipinski definition) is 4. The van der Waals surface area contributed by atoms with Crippen LogP contribution in [0.15, 0.2) is 97.6 Å². The second-order valence-corrected chi connectivity index (χ2v) is 8.89. The van der Waals surface area contributed by atoms with Crippen molar-refractivity contribution in [3.63, 3.8) is 0 Å². The Hall–Kier alpha value is -3.34. The zero-order chi connectivity index (χ0) is 22.0. The lowest BCUT2D eigenvalue weighted by molar-refractivity contribution is -0.0286. The van der Waals surface area contributed by atoms with Gasteiger partial charge in [0, 0.05) is 36.6 Å². The first-order chi connectivity index (χ1) is 16.4. The smallest absolute Gasteiger partial charge is 0.0901 e. The lowest BCUT2D eigenvalue weighted by atomic mass is 9.64. The van der Waals surface area contributed by atoms with Crippen LogP contribution in [0.4, 0.5) is 0 Å². The fourth-order valence-electron chi connectivity index (χ4n) is 5.50. The van der Waals surface area contributed by atoms with Crippen molar-refractivity contribution in [3.05, 3.63) is 131 Å². The SMILES string of the molecule is c1cncc(CO[C@H]2c3ccccc3[C@@H]3C[C@H]2c2ccccc2[C@@H]3OCc2cccnc2)c1. The van der Waals surface area contributed by atoms with E-state index < -0.39 is 0 Å². The van der Waals surface area contributed by atoms with Crippen molar-refractivity contribution >= 4 is 0 Å². The standard InChI is InChI=1S/C29H26N2O2/c1-3-11-24-22(9-1)26-15-27(28(24)32-18-20-7-5-13-30-16-20)23-10-2-4-12-25(23)29(26)33-19-21-8-6-14-31-17-21/h1-14,16-17,26-29H,15,18-19H2/t26-,27-,28-,29-/m0/s1. The van der Waals surface area contributed by atoms with Gasteiger partial charge < -0.3 is 9.47 Å². The number of benzene rings is 2. The normalized spacial score (nSPS) is 22.9. The largest absolute Gasteiger partial charge is 0.368 e. The molecule has 2 bridgehead atoms. The monoisotopic (exact) mass is 434 g/mol. The van der Waals surface area contributed by atoms with Gasteiger partial charge in [-0.2, -0.15) is 0 Å². The summed E-state index contributed by atoms with van der Waals surface area (Å²) in [5.41, 5.74) is 7.45. The Morgan fingerprint density at radius 3 is 1.45 bits per heavy atom. The first-order valence-electron chi connectivity index (χ1n) is 11.6. The summed E-state index contributed by atoms with van der Waals surface area (Å²) in [5.74, 6) is 0.604. The van der Waals surface area contributed by atoms with Crippen LogP contribution in [0.25, 0.3) is 0 Å². The van der Waals surface area contributed by atoms with Crippen LogP contribution >= 0.6 is 0 Å². The van der Waals surface area contributed by atoms with Gasteiger partial charge in [0.2, 0.25) is 0 Å². The van der Waals surface area contributed by atoms with Gasteiger partial charge in [-0.15, -0.1) is 0 Å². The van der Waals surface area contributed by atoms with Crippen LogP contribution in [0.1, 0.15) is 63.8 Å². The van der Waals surface area contributed by atoms with Gasteiger partial charge in [0.15, 0.2) is 0 Å². The van der Waals surface area contributed by atoms with Gasteiger partial charge in [-0.05, 0) is 51.9 Å². The fraction of sp³-hybridized carbons (Fsp3) is 0.241. The van der Waals surface area contributed by atoms with Gasteiger partial charge in [-0.3, -0.25) is 9.97 Å². The molecule has 0 spiro atoms. The van der Waals surface area contributed by atoms with E-state index in [9.17, 15) is 0 Å². The molecular weight excluding hydrogens is 408 g/mol. The van der Waals surface area contributed by atoms with Crippen LogP contribution in [-0.4, -0.2) is 9.97 Å². The Morgan fingerprint density at radius 2 is 1.03 bits per heavy atom. The third-order valence-electron chi connectivity index (χ3n) is 6.95. The van der Waals surface area contributed by atoms with E-state index in [2.05, 4.69) is 70.6 Å². The maximum Gasteiger partial charge on any atom is 0.0901 e. The number of hydrogen-bond donors (Lipinski definition) is 0. The second kappa shape index (κ2) is 8.89. The molecule has 0 saturated carbocycles. The second-order valence-electron chi connectivity index (χ2n) is 8.89. The van der Waals surface area contributed by atoms with Gasteiger partial charge in [0.05, 0.1) is 25.4 Å². The summed E-state index contributed by atoms with van der Waals surface area (Å²) in [4.78, 5) is 8.49. The molecule has 4 atom stereocenters. The van der Waals surface area contributed by atoms with E-state index in [0.29, 0.717) is 25.0 Å². The van der Waals surface area contributed by atoms with E-state index >= 15 is 0 Å². The highest BCUT2D eigenvalue weighted by molar-refractivity contribution is 5.47. The van der Waals surface area contributed by atoms with Crippen molar-refractivity contribution in [2.75, 3.05) is 0 Å². The molecule has 0 radical (unpaired) electrons. The van der Waals surface area contributed by atoms with E-state index in [4.69, 9.17) is 9.47 Å². The molecule has 0 unspecified atom stereocenters. The number of aromatic nitrogens is 2. The molecule has 4 heteroatoms. The van der Waals surface area contributed by atoms with Crippen molar-refractivity contribution in [3.8, 4) is 0 Å². The maximum atomic E-state index is 6.61. The molecule has 0 aliphatic heterocycles. The summed E-state index contributed by atoms with van der Waals surface area (Å²) in [7, 11) is 0. The zero-order valence-corrected chi connectivity index (χ0v) is 18.4. The zero-order valence-electron chi connectivity index (χ0n) is 18.4. The minimum Gasteiger partial charge on any atom is -0.368 e. The number of nitrogens with zero attached hydrogens (tertiary/aromatic N) is 2. The Bertz CT molecular complexity index is 1130. The van der Waals surface area contributed by atoms with Crippen LogP contribution in [-0.2, 0) is 22.7 Å². The summed E-state index contributed by atoms with van der Waals surface area (Å²) in [5, 5.41) is 0. The highest BCUT2D eigenvalue weighted by atomic mass is 16.5. The predicted molar refractivity (Wildman–Crippen MR) is 127 cm³/mol. The van der Waals surface area contributed by atoms with Gasteiger partial charge in [0.25, 0.3) is 0 Å². The van der Waals surface area contributed by atoms with Crippen molar-refractivity contribution < 1.29 is 9.47 Å². The Labute approximate surface area is 194 Å². The summed E-state index contributed by atoms with van der Waals surface area (Å²) < 4.78 is 13.2. The summed E-state index contributed by atoms with van der Waals surface area (Å²) >= 11 is 0. The number of pyridine rings is 2. The lowest BCUT2D eigenvalue weighted by Crippen LogP contribution is -2.33. The van der Waals surface area contributed by atoms with Gasteiger partial charge in [-0.25, -0.2) is 0 Å². The molecule has 0 fully saturated rings. The van der Waals surface area contributed by atoms with Crippen molar-refractivity contribution in [2.24, 2.45) is 0 Å². The lowest BCUT2D eigenvalue weighted by Gasteiger charge is -2.46. The minimum atomic E-state index is 0.0121. The molecule has 6 rings (SSSR count). The molecule has 164 valence electrons. The van der Waals surface area contributed by atoms with Crippen molar-refractivity contribution in [2.45, 2.75) is 43.7 Å². The van der Waals surface area contributed by atoms with Crippen LogP contribution in [0.5, 0.6) is 0 Å². The van der Waals surface area contributed by atoms with Crippen LogP contribution < -0.4 is 0 Å². The van der Waals surface area contributed by atoms with E-state index in [0.717, 1.165) is 17.5 Å². The Morgan fingerprint density at radius 1 is 0.576 bits per heavy atom. The first kappa shape index (κ1) is 20.3. The van der Waals surface area contributed by atoms with Crippen molar-refractivity contribution in [1.29, 1.82) is 0 Å². The highest BCUT2D eigenvalue weighted by Gasteiger charge is 2.45. The molecule has 2 aliphatic rings. The van der Waals surface area contributed by atoms with Crippen molar-refractivity contribution in [1.82, 2.24) is 9.97 Å². The maximum absolute atomic E-state index is 6.61. The number of ether oxygens (including phenoxy) is 2. The average Bonchev–Trinajstić information content (AvgIpc) is 2.89. The molecule has 2 aliphatic carbocycles. The Balaban J connectivity index is 1.36. The third-order valence-corrected chi connectivity index (χ3v) is 6.95. The van der Waals surface area contributed by atoms with Crippen LogP contribution in [0.3, 0.4) is 0 Å². The van der Waals surface area contributed by atoms with Crippen LogP contribution in [0.2, 0.25) is 0 Å². The average molecular weight is 435 g/mol. The molecular formula is C29H26N2O2. The molecule has 2 aromatic carbocycles. The third kappa shape index (κ3) is 3.86. The van der Waals surface area contributed by atoms with E-state index in [1.54, 1.807) is 12.4 Å². The van der Waals surface area contributed by atoms with Gasteiger partial charge >= 0.3 is 0 Å². The first-order valence-corrected chi connectivity index (χ1v) is 11.6. The van der Waals surface area contributed by atoms with E-state index in [-0.39, 0.29) is 12.2 Å². The molecule has 0 saturated heterocycles. The topological polar surface area (TPSA) is 44.2 Å². The van der Waals surface area contributed by atoms with Gasteiger partial charge in [-0.1, -0.05) is 60.7 Å². The molecule has 4 nitrogen and oxygen atoms in total. The molecule has 33 heavy (non-hydrogen) atoms. The highest BCUT2D eigenvalue weighted by Crippen LogP contribution is 2.58. The molecule has 2 aromatic heterocycles. The number of rotatable bonds is 6. The van der Waals surface area contributed by atoms with E-state index in [1.807, 2.05) is 24.5 Å². The van der Waals surface area contributed by atoms with Crippen LogP contribution in [0, 0.1) is 0 Å². The number of fused-ring (bicyclic) bond motifs is 6. The Kier molecular flexibility index (Phi) is 5.46. The fourth-order valence-corrected chi connectivity index (χ4v) is 5.50. The summed E-state index contributed by atoms with van der Waals surface area (Å²) in [6, 6.07) is 25.6. The predicted octanol–water partition coefficient (Wildman–Crippen LogP) is 6.28.